The van der Waals surface area contributed by atoms with E-state index in [0.717, 1.165) is 57.0 Å². The molecule has 1 spiro atoms. The predicted molar refractivity (Wildman–Crippen MR) is 98.5 cm³/mol. The maximum absolute atomic E-state index is 12.2. The van der Waals surface area contributed by atoms with Crippen LogP contribution in [0.1, 0.15) is 37.7 Å². The number of aliphatic hydroxyl groups excluding tert-OH is 1. The second kappa shape index (κ2) is 8.50. The number of carbonyl (C=O) groups is 1. The molecule has 1 unspecified atom stereocenters. The number of hydrogen-bond acceptors (Lipinski definition) is 5. The van der Waals surface area contributed by atoms with Gasteiger partial charge in [-0.05, 0) is 51.6 Å². The molecule has 146 valence electrons. The van der Waals surface area contributed by atoms with Gasteiger partial charge in [-0.2, -0.15) is 0 Å². The molecule has 2 saturated heterocycles. The van der Waals surface area contributed by atoms with Gasteiger partial charge in [-0.3, -0.25) is 9.69 Å². The zero-order valence-electron chi connectivity index (χ0n) is 16.0. The highest BCUT2D eigenvalue weighted by atomic mass is 16.5. The molecule has 7 nitrogen and oxygen atoms in total. The Morgan fingerprint density at radius 1 is 1.38 bits per heavy atom. The molecule has 1 aromatic rings. The highest BCUT2D eigenvalue weighted by molar-refractivity contribution is 5.77. The van der Waals surface area contributed by atoms with E-state index in [2.05, 4.69) is 14.9 Å². The number of imidazole rings is 1. The molecule has 2 aliphatic heterocycles. The van der Waals surface area contributed by atoms with Crippen molar-refractivity contribution >= 4 is 5.91 Å². The number of nitrogens with one attached hydrogen (secondary N) is 1. The number of hydrogen-bond donors (Lipinski definition) is 2. The number of nitrogens with zero attached hydrogens (tertiary/aromatic N) is 3. The molecular formula is C19H32N4O3. The first-order chi connectivity index (χ1) is 12.6. The van der Waals surface area contributed by atoms with Crippen LogP contribution in [0.25, 0.3) is 0 Å². The quantitative estimate of drug-likeness (QED) is 0.792. The lowest BCUT2D eigenvalue weighted by atomic mass is 9.64. The van der Waals surface area contributed by atoms with Crippen LogP contribution in [0.4, 0.5) is 0 Å². The van der Waals surface area contributed by atoms with Crippen LogP contribution in [-0.4, -0.2) is 76.8 Å². The summed E-state index contributed by atoms with van der Waals surface area (Å²) in [6.45, 7) is 9.09. The van der Waals surface area contributed by atoms with E-state index in [0.29, 0.717) is 13.2 Å². The lowest BCUT2D eigenvalue weighted by molar-refractivity contribution is -0.142. The van der Waals surface area contributed by atoms with E-state index in [1.54, 1.807) is 0 Å². The number of likely N-dealkylation sites (tertiary alicyclic amines) is 2. The molecule has 3 rings (SSSR count). The average molecular weight is 364 g/mol. The number of aryl methyl sites for hydroxylation is 1. The minimum absolute atomic E-state index is 0.0470. The summed E-state index contributed by atoms with van der Waals surface area (Å²) in [5.74, 6) is 1.23. The van der Waals surface area contributed by atoms with E-state index in [9.17, 15) is 9.90 Å². The molecule has 0 aromatic carbocycles. The Kier molecular flexibility index (Phi) is 6.32. The lowest BCUT2D eigenvalue weighted by Crippen LogP contribution is -2.55. The summed E-state index contributed by atoms with van der Waals surface area (Å²) in [5, 5.41) is 9.99. The van der Waals surface area contributed by atoms with Crippen molar-refractivity contribution in [3.63, 3.8) is 0 Å². The van der Waals surface area contributed by atoms with E-state index >= 15 is 0 Å². The molecule has 1 atom stereocenters. The Balaban J connectivity index is 1.54. The normalized spacial score (nSPS) is 23.5. The number of H-pyrrole nitrogens is 1. The maximum Gasteiger partial charge on any atom is 0.248 e. The Morgan fingerprint density at radius 3 is 2.73 bits per heavy atom. The van der Waals surface area contributed by atoms with Crippen LogP contribution < -0.4 is 0 Å². The fourth-order valence-corrected chi connectivity index (χ4v) is 4.45. The van der Waals surface area contributed by atoms with Crippen LogP contribution in [0.15, 0.2) is 6.20 Å². The monoisotopic (exact) mass is 364 g/mol. The summed E-state index contributed by atoms with van der Waals surface area (Å²) >= 11 is 0. The van der Waals surface area contributed by atoms with Crippen molar-refractivity contribution in [2.45, 2.75) is 39.7 Å². The Bertz CT molecular complexity index is 595. The first kappa shape index (κ1) is 19.3. The summed E-state index contributed by atoms with van der Waals surface area (Å²) in [6, 6.07) is 0. The first-order valence-corrected chi connectivity index (χ1v) is 9.75. The number of aromatic amines is 1. The molecule has 26 heavy (non-hydrogen) atoms. The second-order valence-electron chi connectivity index (χ2n) is 7.76. The van der Waals surface area contributed by atoms with Gasteiger partial charge < -0.3 is 19.7 Å². The topological polar surface area (TPSA) is 81.7 Å². The van der Waals surface area contributed by atoms with Crippen molar-refractivity contribution in [1.29, 1.82) is 0 Å². The fourth-order valence-electron chi connectivity index (χ4n) is 4.45. The molecule has 0 saturated carbocycles. The summed E-state index contributed by atoms with van der Waals surface area (Å²) in [4.78, 5) is 24.3. The van der Waals surface area contributed by atoms with Gasteiger partial charge in [-0.15, -0.1) is 0 Å². The van der Waals surface area contributed by atoms with Crippen molar-refractivity contribution in [2.75, 3.05) is 46.0 Å². The van der Waals surface area contributed by atoms with Gasteiger partial charge in [0.25, 0.3) is 0 Å². The largest absolute Gasteiger partial charge is 0.396 e. The average Bonchev–Trinajstić information content (AvgIpc) is 3.07. The van der Waals surface area contributed by atoms with Crippen molar-refractivity contribution in [1.82, 2.24) is 19.8 Å². The summed E-state index contributed by atoms with van der Waals surface area (Å²) < 4.78 is 5.26. The van der Waals surface area contributed by atoms with Crippen molar-refractivity contribution in [3.05, 3.63) is 17.7 Å². The van der Waals surface area contributed by atoms with Gasteiger partial charge in [-0.1, -0.05) is 0 Å². The van der Waals surface area contributed by atoms with E-state index in [-0.39, 0.29) is 30.5 Å². The second-order valence-corrected chi connectivity index (χ2v) is 7.76. The summed E-state index contributed by atoms with van der Waals surface area (Å²) in [6.07, 6.45) is 5.00. The smallest absolute Gasteiger partial charge is 0.248 e. The molecule has 2 fully saturated rings. The van der Waals surface area contributed by atoms with Crippen LogP contribution in [0.5, 0.6) is 0 Å². The number of aliphatic hydroxyl groups is 1. The van der Waals surface area contributed by atoms with Gasteiger partial charge in [0, 0.05) is 44.1 Å². The number of carbonyl (C=O) groups excluding carboxylic acids is 1. The van der Waals surface area contributed by atoms with Crippen LogP contribution in [0, 0.1) is 18.3 Å². The number of amides is 1. The predicted octanol–water partition coefficient (Wildman–Crippen LogP) is 1.18. The van der Waals surface area contributed by atoms with Gasteiger partial charge in [-0.25, -0.2) is 4.98 Å². The number of aromatic nitrogens is 2. The van der Waals surface area contributed by atoms with Gasteiger partial charge in [0.05, 0.1) is 6.54 Å². The van der Waals surface area contributed by atoms with E-state index in [1.807, 2.05) is 24.9 Å². The van der Waals surface area contributed by atoms with Gasteiger partial charge in [0.15, 0.2) is 0 Å². The minimum atomic E-state index is 0.0470. The highest BCUT2D eigenvalue weighted by Gasteiger charge is 2.45. The zero-order chi connectivity index (χ0) is 18.6. The third-order valence-corrected chi connectivity index (χ3v) is 6.17. The van der Waals surface area contributed by atoms with Gasteiger partial charge >= 0.3 is 0 Å². The van der Waals surface area contributed by atoms with Crippen molar-refractivity contribution in [3.8, 4) is 0 Å². The van der Waals surface area contributed by atoms with E-state index < -0.39 is 0 Å². The van der Waals surface area contributed by atoms with Gasteiger partial charge in [0.1, 0.15) is 12.4 Å². The third kappa shape index (κ3) is 4.27. The van der Waals surface area contributed by atoms with Crippen molar-refractivity contribution < 1.29 is 14.6 Å². The first-order valence-electron chi connectivity index (χ1n) is 9.75. The van der Waals surface area contributed by atoms with Crippen LogP contribution >= 0.6 is 0 Å². The van der Waals surface area contributed by atoms with Crippen molar-refractivity contribution in [2.24, 2.45) is 11.3 Å². The molecule has 2 N–H and O–H groups in total. The maximum atomic E-state index is 12.2. The highest BCUT2D eigenvalue weighted by Crippen LogP contribution is 2.45. The summed E-state index contributed by atoms with van der Waals surface area (Å²) in [7, 11) is 0. The molecular weight excluding hydrogens is 332 g/mol. The van der Waals surface area contributed by atoms with E-state index in [1.165, 1.54) is 0 Å². The van der Waals surface area contributed by atoms with E-state index in [4.69, 9.17) is 4.74 Å². The fraction of sp³-hybridized carbons (Fsp3) is 0.789. The number of rotatable bonds is 6. The van der Waals surface area contributed by atoms with Crippen LogP contribution in [0.2, 0.25) is 0 Å². The van der Waals surface area contributed by atoms with Gasteiger partial charge in [0.2, 0.25) is 5.91 Å². The molecule has 1 amide bonds. The molecule has 2 aliphatic rings. The summed E-state index contributed by atoms with van der Waals surface area (Å²) in [5.41, 5.74) is 1.25. The molecule has 0 radical (unpaired) electrons. The lowest BCUT2D eigenvalue weighted by Gasteiger charge is -2.51. The Hall–Kier alpha value is -1.44. The van der Waals surface area contributed by atoms with Crippen LogP contribution in [0.3, 0.4) is 0 Å². The minimum Gasteiger partial charge on any atom is -0.396 e. The number of ether oxygens (including phenoxy) is 1. The Labute approximate surface area is 155 Å². The zero-order valence-corrected chi connectivity index (χ0v) is 16.0. The standard InChI is InChI=1S/C19H32N4O3/c1-3-26-14-18(25)23-9-6-19(16(11-23)13-24)4-7-22(8-5-19)12-17-20-10-15(2)21-17/h10,16,24H,3-9,11-14H2,1-2H3,(H,20,21). The van der Waals surface area contributed by atoms with Crippen LogP contribution in [-0.2, 0) is 16.1 Å². The Morgan fingerprint density at radius 2 is 2.12 bits per heavy atom. The molecule has 7 heteroatoms. The molecule has 0 bridgehead atoms. The molecule has 3 heterocycles. The molecule has 1 aromatic heterocycles. The third-order valence-electron chi connectivity index (χ3n) is 6.17. The molecule has 0 aliphatic carbocycles. The number of piperidine rings is 2. The SMILES string of the molecule is CCOCC(=O)N1CCC2(CCN(Cc3ncc(C)[nH]3)CC2)C(CO)C1.